The fourth-order valence-corrected chi connectivity index (χ4v) is 3.32. The summed E-state index contributed by atoms with van der Waals surface area (Å²) in [4.78, 5) is 29.6. The number of amides is 2. The molecule has 1 aliphatic carbocycles. The third-order valence-electron chi connectivity index (χ3n) is 5.29. The maximum atomic E-state index is 12.8. The highest BCUT2D eigenvalue weighted by molar-refractivity contribution is 6.07. The lowest BCUT2D eigenvalue weighted by Crippen LogP contribution is -2.52. The van der Waals surface area contributed by atoms with E-state index >= 15 is 0 Å². The van der Waals surface area contributed by atoms with Crippen molar-refractivity contribution in [2.24, 2.45) is 5.41 Å². The van der Waals surface area contributed by atoms with Gasteiger partial charge >= 0.3 is 0 Å². The lowest BCUT2D eigenvalue weighted by Gasteiger charge is -2.34. The van der Waals surface area contributed by atoms with Crippen LogP contribution in [0.1, 0.15) is 18.4 Å². The summed E-state index contributed by atoms with van der Waals surface area (Å²) in [5.41, 5.74) is 0.0470. The zero-order chi connectivity index (χ0) is 18.7. The second kappa shape index (κ2) is 7.53. The lowest BCUT2D eigenvalue weighted by atomic mass is 10.0. The maximum absolute atomic E-state index is 12.8. The summed E-state index contributed by atoms with van der Waals surface area (Å²) in [6.45, 7) is 3.46. The van der Waals surface area contributed by atoms with Gasteiger partial charge in [0.15, 0.2) is 11.5 Å². The fourth-order valence-electron chi connectivity index (χ4n) is 3.32. The van der Waals surface area contributed by atoms with Gasteiger partial charge in [-0.3, -0.25) is 9.59 Å². The summed E-state index contributed by atoms with van der Waals surface area (Å²) in [5.74, 6) is 1.08. The largest absolute Gasteiger partial charge is 0.493 e. The van der Waals surface area contributed by atoms with Gasteiger partial charge in [0.1, 0.15) is 5.41 Å². The van der Waals surface area contributed by atoms with Crippen LogP contribution in [-0.4, -0.2) is 69.1 Å². The Kier molecular flexibility index (Phi) is 5.36. The predicted molar refractivity (Wildman–Crippen MR) is 97.1 cm³/mol. The average molecular weight is 361 g/mol. The van der Waals surface area contributed by atoms with Gasteiger partial charge < -0.3 is 24.6 Å². The number of hydrogen-bond acceptors (Lipinski definition) is 5. The van der Waals surface area contributed by atoms with Crippen molar-refractivity contribution in [3.8, 4) is 11.5 Å². The van der Waals surface area contributed by atoms with Crippen molar-refractivity contribution >= 4 is 11.8 Å². The van der Waals surface area contributed by atoms with Gasteiger partial charge in [0.2, 0.25) is 11.8 Å². The fraction of sp³-hybridized carbons (Fsp3) is 0.579. The molecule has 0 aromatic heterocycles. The van der Waals surface area contributed by atoms with E-state index in [9.17, 15) is 9.59 Å². The molecular formula is C19H27N3O4. The first-order chi connectivity index (χ1) is 12.5. The molecule has 7 heteroatoms. The van der Waals surface area contributed by atoms with E-state index in [2.05, 4.69) is 10.2 Å². The van der Waals surface area contributed by atoms with Gasteiger partial charge in [-0.15, -0.1) is 0 Å². The number of piperazine rings is 1. The van der Waals surface area contributed by atoms with Crippen LogP contribution in [0.2, 0.25) is 0 Å². The molecule has 26 heavy (non-hydrogen) atoms. The van der Waals surface area contributed by atoms with Crippen LogP contribution < -0.4 is 14.8 Å². The molecule has 0 bridgehead atoms. The Labute approximate surface area is 154 Å². The van der Waals surface area contributed by atoms with Crippen molar-refractivity contribution in [1.82, 2.24) is 15.1 Å². The quantitative estimate of drug-likeness (QED) is 0.762. The maximum Gasteiger partial charge on any atom is 0.238 e. The number of likely N-dealkylation sites (N-methyl/N-ethyl adjacent to an activating group) is 1. The van der Waals surface area contributed by atoms with E-state index in [4.69, 9.17) is 9.47 Å². The number of benzene rings is 1. The average Bonchev–Trinajstić information content (AvgIpc) is 3.48. The van der Waals surface area contributed by atoms with Crippen molar-refractivity contribution in [3.63, 3.8) is 0 Å². The Hall–Kier alpha value is -2.28. The topological polar surface area (TPSA) is 71.1 Å². The number of nitrogens with one attached hydrogen (secondary N) is 1. The Morgan fingerprint density at radius 3 is 2.31 bits per heavy atom. The number of ether oxygens (including phenoxy) is 2. The molecule has 0 unspecified atom stereocenters. The molecule has 3 rings (SSSR count). The van der Waals surface area contributed by atoms with Crippen LogP contribution in [0.4, 0.5) is 0 Å². The second-order valence-corrected chi connectivity index (χ2v) is 7.05. The first kappa shape index (κ1) is 18.5. The van der Waals surface area contributed by atoms with Crippen LogP contribution in [-0.2, 0) is 16.1 Å². The van der Waals surface area contributed by atoms with Crippen LogP contribution in [0.3, 0.4) is 0 Å². The van der Waals surface area contributed by atoms with E-state index in [1.54, 1.807) is 14.2 Å². The SMILES string of the molecule is COc1ccc(CNC(=O)C2(C(=O)N3CCN(C)CC3)CC2)cc1OC. The van der Waals surface area contributed by atoms with E-state index in [1.807, 2.05) is 30.1 Å². The van der Waals surface area contributed by atoms with Gasteiger partial charge in [0, 0.05) is 32.7 Å². The number of rotatable bonds is 6. The van der Waals surface area contributed by atoms with E-state index in [0.29, 0.717) is 44.0 Å². The Morgan fingerprint density at radius 2 is 1.73 bits per heavy atom. The van der Waals surface area contributed by atoms with Crippen molar-refractivity contribution < 1.29 is 19.1 Å². The zero-order valence-electron chi connectivity index (χ0n) is 15.7. The standard InChI is InChI=1S/C19H27N3O4/c1-21-8-10-22(11-9-21)18(24)19(6-7-19)17(23)20-13-14-4-5-15(25-2)16(12-14)26-3/h4-5,12H,6-11,13H2,1-3H3,(H,20,23). The van der Waals surface area contributed by atoms with Crippen LogP contribution in [0.25, 0.3) is 0 Å². The summed E-state index contributed by atoms with van der Waals surface area (Å²) in [7, 11) is 5.21. The molecular weight excluding hydrogens is 334 g/mol. The highest BCUT2D eigenvalue weighted by Gasteiger charge is 2.57. The molecule has 0 spiro atoms. The number of methoxy groups -OCH3 is 2. The lowest BCUT2D eigenvalue weighted by molar-refractivity contribution is -0.145. The molecule has 2 aliphatic rings. The Balaban J connectivity index is 1.60. The van der Waals surface area contributed by atoms with Crippen LogP contribution in [0, 0.1) is 5.41 Å². The summed E-state index contributed by atoms with van der Waals surface area (Å²) in [5, 5.41) is 2.93. The normalized spacial score (nSPS) is 19.0. The molecule has 1 N–H and O–H groups in total. The second-order valence-electron chi connectivity index (χ2n) is 7.05. The Bertz CT molecular complexity index is 679. The number of carbonyl (C=O) groups excluding carboxylic acids is 2. The third kappa shape index (κ3) is 3.62. The monoisotopic (exact) mass is 361 g/mol. The molecule has 0 atom stereocenters. The van der Waals surface area contributed by atoms with Crippen molar-refractivity contribution in [1.29, 1.82) is 0 Å². The summed E-state index contributed by atoms with van der Waals surface area (Å²) in [6.07, 6.45) is 1.27. The predicted octanol–water partition coefficient (Wildman–Crippen LogP) is 0.874. The number of nitrogens with zero attached hydrogens (tertiary/aromatic N) is 2. The molecule has 1 saturated heterocycles. The van der Waals surface area contributed by atoms with Gasteiger partial charge in [-0.25, -0.2) is 0 Å². The molecule has 142 valence electrons. The minimum absolute atomic E-state index is 0.0181. The van der Waals surface area contributed by atoms with Crippen molar-refractivity contribution in [2.75, 3.05) is 47.4 Å². The third-order valence-corrected chi connectivity index (χ3v) is 5.29. The van der Waals surface area contributed by atoms with E-state index in [1.165, 1.54) is 0 Å². The van der Waals surface area contributed by atoms with Crippen LogP contribution >= 0.6 is 0 Å². The van der Waals surface area contributed by atoms with E-state index < -0.39 is 5.41 Å². The molecule has 1 aromatic carbocycles. The van der Waals surface area contributed by atoms with Gasteiger partial charge in [-0.05, 0) is 37.6 Å². The van der Waals surface area contributed by atoms with Crippen molar-refractivity contribution in [3.05, 3.63) is 23.8 Å². The van der Waals surface area contributed by atoms with Crippen molar-refractivity contribution in [2.45, 2.75) is 19.4 Å². The first-order valence-corrected chi connectivity index (χ1v) is 8.97. The van der Waals surface area contributed by atoms with Gasteiger partial charge in [0.25, 0.3) is 0 Å². The Morgan fingerprint density at radius 1 is 1.08 bits per heavy atom. The zero-order valence-corrected chi connectivity index (χ0v) is 15.7. The molecule has 2 amide bonds. The van der Waals surface area contributed by atoms with Crippen LogP contribution in [0.5, 0.6) is 11.5 Å². The molecule has 0 radical (unpaired) electrons. The summed E-state index contributed by atoms with van der Waals surface area (Å²) >= 11 is 0. The van der Waals surface area contributed by atoms with Gasteiger partial charge in [-0.2, -0.15) is 0 Å². The molecule has 1 aromatic rings. The van der Waals surface area contributed by atoms with E-state index in [-0.39, 0.29) is 11.8 Å². The van der Waals surface area contributed by atoms with Gasteiger partial charge in [-0.1, -0.05) is 6.07 Å². The highest BCUT2D eigenvalue weighted by atomic mass is 16.5. The summed E-state index contributed by atoms with van der Waals surface area (Å²) in [6, 6.07) is 5.52. The molecule has 1 heterocycles. The highest BCUT2D eigenvalue weighted by Crippen LogP contribution is 2.47. The van der Waals surface area contributed by atoms with Gasteiger partial charge in [0.05, 0.1) is 14.2 Å². The molecule has 7 nitrogen and oxygen atoms in total. The smallest absolute Gasteiger partial charge is 0.238 e. The summed E-state index contributed by atoms with van der Waals surface area (Å²) < 4.78 is 10.5. The minimum Gasteiger partial charge on any atom is -0.493 e. The van der Waals surface area contributed by atoms with Crippen LogP contribution in [0.15, 0.2) is 18.2 Å². The minimum atomic E-state index is -0.855. The first-order valence-electron chi connectivity index (χ1n) is 8.97. The number of hydrogen-bond donors (Lipinski definition) is 1. The molecule has 1 saturated carbocycles. The molecule has 2 fully saturated rings. The number of carbonyl (C=O) groups is 2. The molecule has 1 aliphatic heterocycles. The van der Waals surface area contributed by atoms with E-state index in [0.717, 1.165) is 18.7 Å².